The Morgan fingerprint density at radius 3 is 2.52 bits per heavy atom. The van der Waals surface area contributed by atoms with Gasteiger partial charge in [-0.3, -0.25) is 14.4 Å². The van der Waals surface area contributed by atoms with Gasteiger partial charge in [-0.25, -0.2) is 4.39 Å². The summed E-state index contributed by atoms with van der Waals surface area (Å²) in [5, 5.41) is 2.76. The molecule has 0 unspecified atom stereocenters. The topological polar surface area (TPSA) is 82.3 Å². The van der Waals surface area contributed by atoms with Gasteiger partial charge in [-0.1, -0.05) is 12.1 Å². The number of likely N-dealkylation sites (tertiary alicyclic amines) is 1. The maximum absolute atomic E-state index is 13.2. The van der Waals surface area contributed by atoms with Crippen LogP contribution < -0.4 is 10.9 Å². The number of hydrogen-bond acceptors (Lipinski definition) is 3. The molecule has 0 radical (unpaired) electrons. The summed E-state index contributed by atoms with van der Waals surface area (Å²) in [6.45, 7) is 1.72. The monoisotopic (exact) mass is 343 g/mol. The van der Waals surface area contributed by atoms with Crippen molar-refractivity contribution in [1.82, 2.24) is 15.2 Å². The molecule has 1 aromatic carbocycles. The molecule has 1 aromatic heterocycles. The third-order valence-corrected chi connectivity index (χ3v) is 4.41. The Morgan fingerprint density at radius 1 is 1.20 bits per heavy atom. The molecule has 25 heavy (non-hydrogen) atoms. The number of carbonyl (C=O) groups is 2. The van der Waals surface area contributed by atoms with Crippen molar-refractivity contribution in [3.8, 4) is 0 Å². The van der Waals surface area contributed by atoms with Crippen molar-refractivity contribution in [2.24, 2.45) is 0 Å². The molecule has 1 saturated heterocycles. The summed E-state index contributed by atoms with van der Waals surface area (Å²) in [4.78, 5) is 40.6. The van der Waals surface area contributed by atoms with Gasteiger partial charge in [0.05, 0.1) is 12.1 Å². The first kappa shape index (κ1) is 16.9. The molecule has 2 heterocycles. The van der Waals surface area contributed by atoms with E-state index in [0.29, 0.717) is 5.69 Å². The second-order valence-corrected chi connectivity index (χ2v) is 6.17. The van der Waals surface area contributed by atoms with E-state index in [1.807, 2.05) is 0 Å². The van der Waals surface area contributed by atoms with Crippen molar-refractivity contribution in [1.29, 1.82) is 0 Å². The number of halogens is 1. The number of amides is 2. The molecule has 0 saturated carbocycles. The number of benzene rings is 1. The predicted octanol–water partition coefficient (Wildman–Crippen LogP) is 1.52. The van der Waals surface area contributed by atoms with Gasteiger partial charge in [0.2, 0.25) is 5.91 Å². The van der Waals surface area contributed by atoms with E-state index < -0.39 is 23.6 Å². The van der Waals surface area contributed by atoms with Crippen LogP contribution in [0, 0.1) is 12.7 Å². The molecule has 2 N–H and O–H groups in total. The largest absolute Gasteiger partial charge is 0.346 e. The Hall–Kier alpha value is -2.96. The Labute approximate surface area is 143 Å². The van der Waals surface area contributed by atoms with Crippen LogP contribution in [0.3, 0.4) is 0 Å². The SMILES string of the molecule is Cc1ccc(C(=O)N[C@@H]2CC(=O)N(C)[C@@H]2c2ccc(F)cc2)c(=O)[nH]1. The van der Waals surface area contributed by atoms with Gasteiger partial charge in [0, 0.05) is 19.2 Å². The molecule has 0 aliphatic carbocycles. The van der Waals surface area contributed by atoms with Crippen molar-refractivity contribution in [3.63, 3.8) is 0 Å². The molecular weight excluding hydrogens is 325 g/mol. The fraction of sp³-hybridized carbons (Fsp3) is 0.278. The third kappa shape index (κ3) is 3.31. The van der Waals surface area contributed by atoms with Crippen LogP contribution in [0.25, 0.3) is 0 Å². The highest BCUT2D eigenvalue weighted by molar-refractivity contribution is 5.94. The Morgan fingerprint density at radius 2 is 1.88 bits per heavy atom. The second-order valence-electron chi connectivity index (χ2n) is 6.17. The lowest BCUT2D eigenvalue weighted by molar-refractivity contribution is -0.127. The van der Waals surface area contributed by atoms with Crippen LogP contribution in [-0.2, 0) is 4.79 Å². The summed E-state index contributed by atoms with van der Waals surface area (Å²) in [7, 11) is 1.64. The number of aromatic amines is 1. The van der Waals surface area contributed by atoms with E-state index in [4.69, 9.17) is 0 Å². The number of pyridine rings is 1. The highest BCUT2D eigenvalue weighted by Gasteiger charge is 2.39. The number of nitrogens with zero attached hydrogens (tertiary/aromatic N) is 1. The van der Waals surface area contributed by atoms with Crippen LogP contribution in [0.4, 0.5) is 4.39 Å². The lowest BCUT2D eigenvalue weighted by Gasteiger charge is -2.26. The molecule has 2 amide bonds. The molecule has 1 aliphatic rings. The number of rotatable bonds is 3. The normalized spacial score (nSPS) is 20.0. The van der Waals surface area contributed by atoms with Gasteiger partial charge in [-0.15, -0.1) is 0 Å². The minimum absolute atomic E-state index is 0.00884. The third-order valence-electron chi connectivity index (χ3n) is 4.41. The summed E-state index contributed by atoms with van der Waals surface area (Å²) >= 11 is 0. The summed E-state index contributed by atoms with van der Waals surface area (Å²) in [6.07, 6.45) is 0.119. The maximum atomic E-state index is 13.2. The van der Waals surface area contributed by atoms with E-state index in [9.17, 15) is 18.8 Å². The number of H-pyrrole nitrogens is 1. The first-order valence-corrected chi connectivity index (χ1v) is 7.88. The lowest BCUT2D eigenvalue weighted by atomic mass is 9.99. The minimum Gasteiger partial charge on any atom is -0.346 e. The zero-order valence-electron chi connectivity index (χ0n) is 13.9. The summed E-state index contributed by atoms with van der Waals surface area (Å²) in [5.41, 5.74) is 0.887. The highest BCUT2D eigenvalue weighted by Crippen LogP contribution is 2.32. The predicted molar refractivity (Wildman–Crippen MR) is 89.6 cm³/mol. The smallest absolute Gasteiger partial charge is 0.260 e. The number of hydrogen-bond donors (Lipinski definition) is 2. The van der Waals surface area contributed by atoms with E-state index in [-0.39, 0.29) is 23.7 Å². The van der Waals surface area contributed by atoms with Crippen LogP contribution in [0.5, 0.6) is 0 Å². The lowest BCUT2D eigenvalue weighted by Crippen LogP contribution is -2.40. The van der Waals surface area contributed by atoms with Crippen LogP contribution in [0.2, 0.25) is 0 Å². The van der Waals surface area contributed by atoms with Gasteiger partial charge in [0.25, 0.3) is 11.5 Å². The van der Waals surface area contributed by atoms with Crippen LogP contribution in [0.1, 0.15) is 34.1 Å². The summed E-state index contributed by atoms with van der Waals surface area (Å²) in [5.74, 6) is -1.04. The van der Waals surface area contributed by atoms with Crippen molar-refractivity contribution in [2.45, 2.75) is 25.4 Å². The molecule has 0 bridgehead atoms. The quantitative estimate of drug-likeness (QED) is 0.887. The van der Waals surface area contributed by atoms with E-state index in [1.54, 1.807) is 32.2 Å². The number of nitrogens with one attached hydrogen (secondary N) is 2. The number of aromatic nitrogens is 1. The fourth-order valence-corrected chi connectivity index (χ4v) is 3.11. The molecule has 1 aliphatic heterocycles. The van der Waals surface area contributed by atoms with Gasteiger partial charge < -0.3 is 15.2 Å². The summed E-state index contributed by atoms with van der Waals surface area (Å²) < 4.78 is 13.2. The van der Waals surface area contributed by atoms with Crippen molar-refractivity contribution >= 4 is 11.8 Å². The molecular formula is C18H18FN3O3. The van der Waals surface area contributed by atoms with Crippen molar-refractivity contribution in [2.75, 3.05) is 7.05 Å². The molecule has 6 nitrogen and oxygen atoms in total. The molecule has 3 rings (SSSR count). The van der Waals surface area contributed by atoms with E-state index in [2.05, 4.69) is 10.3 Å². The fourth-order valence-electron chi connectivity index (χ4n) is 3.11. The molecule has 1 fully saturated rings. The molecule has 2 atom stereocenters. The number of likely N-dealkylation sites (N-methyl/N-ethyl adjacent to an activating group) is 1. The average Bonchev–Trinajstić information content (AvgIpc) is 2.82. The van der Waals surface area contributed by atoms with Crippen LogP contribution in [-0.4, -0.2) is 34.8 Å². The zero-order chi connectivity index (χ0) is 18.1. The average molecular weight is 343 g/mol. The van der Waals surface area contributed by atoms with Crippen LogP contribution in [0.15, 0.2) is 41.2 Å². The summed E-state index contributed by atoms with van der Waals surface area (Å²) in [6, 6.07) is 7.99. The van der Waals surface area contributed by atoms with Gasteiger partial charge in [-0.2, -0.15) is 0 Å². The minimum atomic E-state index is -0.540. The van der Waals surface area contributed by atoms with Crippen LogP contribution >= 0.6 is 0 Å². The number of aryl methyl sites for hydroxylation is 1. The first-order chi connectivity index (χ1) is 11.9. The van der Waals surface area contributed by atoms with Gasteiger partial charge in [0.1, 0.15) is 11.4 Å². The maximum Gasteiger partial charge on any atom is 0.260 e. The Balaban J connectivity index is 1.86. The number of carbonyl (C=O) groups excluding carboxylic acids is 2. The molecule has 2 aromatic rings. The Kier molecular flexibility index (Phi) is 4.39. The van der Waals surface area contributed by atoms with Gasteiger partial charge in [0.15, 0.2) is 0 Å². The van der Waals surface area contributed by atoms with E-state index >= 15 is 0 Å². The van der Waals surface area contributed by atoms with Gasteiger partial charge in [-0.05, 0) is 36.8 Å². The van der Waals surface area contributed by atoms with Gasteiger partial charge >= 0.3 is 0 Å². The van der Waals surface area contributed by atoms with Crippen molar-refractivity contribution in [3.05, 3.63) is 69.4 Å². The van der Waals surface area contributed by atoms with E-state index in [1.165, 1.54) is 23.1 Å². The zero-order valence-corrected chi connectivity index (χ0v) is 13.9. The Bertz CT molecular complexity index is 876. The highest BCUT2D eigenvalue weighted by atomic mass is 19.1. The van der Waals surface area contributed by atoms with E-state index in [0.717, 1.165) is 5.56 Å². The first-order valence-electron chi connectivity index (χ1n) is 7.88. The van der Waals surface area contributed by atoms with Crippen molar-refractivity contribution < 1.29 is 14.0 Å². The molecule has 130 valence electrons. The molecule has 0 spiro atoms. The second kappa shape index (κ2) is 6.51. The molecule has 7 heteroatoms. The standard InChI is InChI=1S/C18H18FN3O3/c1-10-3-8-13(17(24)20-10)18(25)21-14-9-15(23)22(2)16(14)11-4-6-12(19)7-5-11/h3-8,14,16H,9H2,1-2H3,(H,20,24)(H,21,25)/t14-,16-/m1/s1.